The van der Waals surface area contributed by atoms with Crippen LogP contribution >= 0.6 is 0 Å². The molecule has 1 fully saturated rings. The topological polar surface area (TPSA) is 88.2 Å². The number of ether oxygens (including phenoxy) is 1. The number of benzene rings is 1. The average Bonchev–Trinajstić information content (AvgIpc) is 2.96. The molecule has 20 heavy (non-hydrogen) atoms. The summed E-state index contributed by atoms with van der Waals surface area (Å²) in [6.45, 7) is 1.18. The van der Waals surface area contributed by atoms with Gasteiger partial charge in [-0.3, -0.25) is 10.1 Å². The van der Waals surface area contributed by atoms with Gasteiger partial charge in [-0.05, 0) is 25.0 Å². The van der Waals surface area contributed by atoms with Crippen LogP contribution in [0, 0.1) is 21.4 Å². The summed E-state index contributed by atoms with van der Waals surface area (Å²) in [5, 5.41) is 22.7. The minimum atomic E-state index is -0.543. The highest BCUT2D eigenvalue weighted by Crippen LogP contribution is 2.23. The molecule has 1 aliphatic rings. The van der Waals surface area contributed by atoms with Gasteiger partial charge in [-0.1, -0.05) is 12.8 Å². The summed E-state index contributed by atoms with van der Waals surface area (Å²) in [7, 11) is 0. The Morgan fingerprint density at radius 2 is 2.20 bits per heavy atom. The Morgan fingerprint density at radius 1 is 1.45 bits per heavy atom. The first-order chi connectivity index (χ1) is 9.70. The SMILES string of the molecule is N#Cc1ccc(NCCOC2CCCC2)cc1[N+](=O)[O-]. The van der Waals surface area contributed by atoms with Crippen molar-refractivity contribution in [3.8, 4) is 6.07 Å². The summed E-state index contributed by atoms with van der Waals surface area (Å²) in [5.74, 6) is 0. The molecule has 6 nitrogen and oxygen atoms in total. The lowest BCUT2D eigenvalue weighted by Crippen LogP contribution is -2.15. The molecule has 0 unspecified atom stereocenters. The first-order valence-electron chi connectivity index (χ1n) is 6.74. The van der Waals surface area contributed by atoms with Crippen molar-refractivity contribution >= 4 is 11.4 Å². The molecular weight excluding hydrogens is 258 g/mol. The molecule has 0 bridgehead atoms. The van der Waals surface area contributed by atoms with Crippen LogP contribution in [0.2, 0.25) is 0 Å². The average molecular weight is 275 g/mol. The molecule has 0 atom stereocenters. The molecule has 0 aliphatic heterocycles. The highest BCUT2D eigenvalue weighted by atomic mass is 16.6. The molecule has 0 heterocycles. The summed E-state index contributed by atoms with van der Waals surface area (Å²) in [4.78, 5) is 10.3. The van der Waals surface area contributed by atoms with E-state index in [-0.39, 0.29) is 11.3 Å². The number of nitriles is 1. The van der Waals surface area contributed by atoms with Crippen molar-refractivity contribution in [2.75, 3.05) is 18.5 Å². The predicted octanol–water partition coefficient (Wildman–Crippen LogP) is 2.84. The van der Waals surface area contributed by atoms with Crippen LogP contribution in [-0.2, 0) is 4.74 Å². The maximum atomic E-state index is 10.8. The van der Waals surface area contributed by atoms with Gasteiger partial charge in [0.1, 0.15) is 11.6 Å². The normalized spacial score (nSPS) is 14.9. The lowest BCUT2D eigenvalue weighted by Gasteiger charge is -2.12. The van der Waals surface area contributed by atoms with Crippen LogP contribution in [0.5, 0.6) is 0 Å². The molecule has 2 rings (SSSR count). The lowest BCUT2D eigenvalue weighted by atomic mass is 10.2. The minimum absolute atomic E-state index is 0.0720. The summed E-state index contributed by atoms with van der Waals surface area (Å²) in [6.07, 6.45) is 5.09. The fourth-order valence-electron chi connectivity index (χ4n) is 2.36. The fraction of sp³-hybridized carbons (Fsp3) is 0.500. The standard InChI is InChI=1S/C14H17N3O3/c15-10-11-5-6-12(9-14(11)17(18)19)16-7-8-20-13-3-1-2-4-13/h5-6,9,13,16H,1-4,7-8H2. The van der Waals surface area contributed by atoms with Gasteiger partial charge in [-0.25, -0.2) is 0 Å². The van der Waals surface area contributed by atoms with Crippen LogP contribution in [0.4, 0.5) is 11.4 Å². The van der Waals surface area contributed by atoms with Gasteiger partial charge >= 0.3 is 0 Å². The Balaban J connectivity index is 1.85. The maximum Gasteiger partial charge on any atom is 0.289 e. The summed E-state index contributed by atoms with van der Waals surface area (Å²) in [6, 6.07) is 6.32. The van der Waals surface area contributed by atoms with E-state index in [9.17, 15) is 10.1 Å². The van der Waals surface area contributed by atoms with E-state index in [2.05, 4.69) is 5.32 Å². The maximum absolute atomic E-state index is 10.8. The Morgan fingerprint density at radius 3 is 2.85 bits per heavy atom. The van der Waals surface area contributed by atoms with Gasteiger partial charge in [0.25, 0.3) is 5.69 Å². The number of nitro benzene ring substituents is 1. The van der Waals surface area contributed by atoms with E-state index < -0.39 is 4.92 Å². The van der Waals surface area contributed by atoms with Crippen molar-refractivity contribution in [3.05, 3.63) is 33.9 Å². The monoisotopic (exact) mass is 275 g/mol. The fourth-order valence-corrected chi connectivity index (χ4v) is 2.36. The molecule has 0 aromatic heterocycles. The van der Waals surface area contributed by atoms with E-state index in [1.807, 2.05) is 6.07 Å². The van der Waals surface area contributed by atoms with E-state index in [0.29, 0.717) is 24.9 Å². The van der Waals surface area contributed by atoms with Crippen molar-refractivity contribution in [2.45, 2.75) is 31.8 Å². The second-order valence-electron chi connectivity index (χ2n) is 4.80. The zero-order valence-corrected chi connectivity index (χ0v) is 11.2. The molecule has 0 spiro atoms. The molecule has 1 N–H and O–H groups in total. The molecular formula is C14H17N3O3. The quantitative estimate of drug-likeness (QED) is 0.490. The van der Waals surface area contributed by atoms with Gasteiger partial charge < -0.3 is 10.1 Å². The van der Waals surface area contributed by atoms with E-state index in [4.69, 9.17) is 10.00 Å². The Kier molecular flexibility index (Phi) is 4.91. The van der Waals surface area contributed by atoms with Crippen molar-refractivity contribution in [1.29, 1.82) is 5.26 Å². The van der Waals surface area contributed by atoms with Crippen LogP contribution < -0.4 is 5.32 Å². The minimum Gasteiger partial charge on any atom is -0.383 e. The number of nitro groups is 1. The second kappa shape index (κ2) is 6.87. The van der Waals surface area contributed by atoms with Gasteiger partial charge in [-0.15, -0.1) is 0 Å². The number of hydrogen-bond donors (Lipinski definition) is 1. The molecule has 1 saturated carbocycles. The first kappa shape index (κ1) is 14.3. The van der Waals surface area contributed by atoms with E-state index in [1.165, 1.54) is 25.0 Å². The first-order valence-corrected chi connectivity index (χ1v) is 6.74. The van der Waals surface area contributed by atoms with E-state index >= 15 is 0 Å². The van der Waals surface area contributed by atoms with Gasteiger partial charge in [0.2, 0.25) is 0 Å². The van der Waals surface area contributed by atoms with Gasteiger partial charge in [0, 0.05) is 18.3 Å². The molecule has 106 valence electrons. The third-order valence-electron chi connectivity index (χ3n) is 3.40. The van der Waals surface area contributed by atoms with Crippen LogP contribution in [0.3, 0.4) is 0 Å². The van der Waals surface area contributed by atoms with Gasteiger partial charge in [0.15, 0.2) is 0 Å². The summed E-state index contributed by atoms with van der Waals surface area (Å²) >= 11 is 0. The zero-order chi connectivity index (χ0) is 14.4. The predicted molar refractivity (Wildman–Crippen MR) is 74.5 cm³/mol. The number of nitrogens with zero attached hydrogens (tertiary/aromatic N) is 2. The Labute approximate surface area is 117 Å². The van der Waals surface area contributed by atoms with Crippen molar-refractivity contribution in [2.24, 2.45) is 0 Å². The van der Waals surface area contributed by atoms with Gasteiger partial charge in [-0.2, -0.15) is 5.26 Å². The molecule has 1 aromatic rings. The zero-order valence-electron chi connectivity index (χ0n) is 11.2. The number of hydrogen-bond acceptors (Lipinski definition) is 5. The molecule has 0 saturated heterocycles. The van der Waals surface area contributed by atoms with E-state index in [0.717, 1.165) is 12.8 Å². The third-order valence-corrected chi connectivity index (χ3v) is 3.40. The summed E-state index contributed by atoms with van der Waals surface area (Å²) < 4.78 is 5.70. The molecule has 0 radical (unpaired) electrons. The highest BCUT2D eigenvalue weighted by molar-refractivity contribution is 5.59. The van der Waals surface area contributed by atoms with Crippen LogP contribution in [0.1, 0.15) is 31.2 Å². The molecule has 1 aliphatic carbocycles. The summed E-state index contributed by atoms with van der Waals surface area (Å²) in [5.41, 5.74) is 0.530. The number of nitrogens with one attached hydrogen (secondary N) is 1. The van der Waals surface area contributed by atoms with Crippen molar-refractivity contribution < 1.29 is 9.66 Å². The molecule has 0 amide bonds. The Bertz CT molecular complexity index is 519. The van der Waals surface area contributed by atoms with Crippen LogP contribution in [0.15, 0.2) is 18.2 Å². The van der Waals surface area contributed by atoms with E-state index in [1.54, 1.807) is 6.07 Å². The van der Waals surface area contributed by atoms with Crippen LogP contribution in [0.25, 0.3) is 0 Å². The number of rotatable bonds is 6. The van der Waals surface area contributed by atoms with Gasteiger partial charge in [0.05, 0.1) is 17.6 Å². The second-order valence-corrected chi connectivity index (χ2v) is 4.80. The molecule has 6 heteroatoms. The Hall–Kier alpha value is -2.13. The van der Waals surface area contributed by atoms with Crippen LogP contribution in [-0.4, -0.2) is 24.2 Å². The van der Waals surface area contributed by atoms with Crippen molar-refractivity contribution in [3.63, 3.8) is 0 Å². The largest absolute Gasteiger partial charge is 0.383 e. The molecule has 1 aromatic carbocycles. The van der Waals surface area contributed by atoms with Crippen molar-refractivity contribution in [1.82, 2.24) is 0 Å². The highest BCUT2D eigenvalue weighted by Gasteiger charge is 2.15. The smallest absolute Gasteiger partial charge is 0.289 e. The number of anilines is 1. The third kappa shape index (κ3) is 3.68. The lowest BCUT2D eigenvalue weighted by molar-refractivity contribution is -0.385.